The number of hydrogen-bond donors (Lipinski definition) is 2. The molecule has 34 heavy (non-hydrogen) atoms. The molecule has 2 saturated heterocycles. The maximum atomic E-state index is 12.8. The lowest BCUT2D eigenvalue weighted by Crippen LogP contribution is -2.73. The number of esters is 2. The van der Waals surface area contributed by atoms with Gasteiger partial charge in [0, 0.05) is 17.7 Å². The van der Waals surface area contributed by atoms with E-state index in [1.165, 1.54) is 29.8 Å². The molecule has 3 rings (SSSR count). The molecule has 0 radical (unpaired) electrons. The number of thioether (sulfide) groups is 1. The summed E-state index contributed by atoms with van der Waals surface area (Å²) in [6.07, 6.45) is 1.43. The first-order chi connectivity index (χ1) is 16.1. The van der Waals surface area contributed by atoms with Gasteiger partial charge in [0.05, 0.1) is 5.92 Å². The van der Waals surface area contributed by atoms with Gasteiger partial charge >= 0.3 is 11.9 Å². The molecule has 0 bridgehead atoms. The van der Waals surface area contributed by atoms with E-state index < -0.39 is 36.1 Å². The van der Waals surface area contributed by atoms with Crippen molar-refractivity contribution in [3.05, 3.63) is 23.7 Å². The zero-order chi connectivity index (χ0) is 25.0. The molecule has 3 N–H and O–H groups in total. The number of nitrogen functional groups attached to an aromatic ring is 1. The average Bonchev–Trinajstić information content (AvgIpc) is 3.25. The summed E-state index contributed by atoms with van der Waals surface area (Å²) in [4.78, 5) is 60.1. The Bertz CT molecular complexity index is 1030. The highest BCUT2D eigenvalue weighted by atomic mass is 32.2. The second kappa shape index (κ2) is 10.4. The minimum absolute atomic E-state index is 0.0258. The smallest absolute Gasteiger partial charge is 0.321 e. The van der Waals surface area contributed by atoms with Gasteiger partial charge in [0.15, 0.2) is 10.8 Å². The van der Waals surface area contributed by atoms with Gasteiger partial charge in [-0.2, -0.15) is 0 Å². The van der Waals surface area contributed by atoms with Gasteiger partial charge in [0.2, 0.25) is 12.7 Å². The number of anilines is 1. The number of thiazole rings is 1. The number of oxime groups is 1. The first-order valence-corrected chi connectivity index (χ1v) is 12.1. The molecule has 2 unspecified atom stereocenters. The van der Waals surface area contributed by atoms with Crippen LogP contribution in [-0.4, -0.2) is 77.0 Å². The summed E-state index contributed by atoms with van der Waals surface area (Å²) >= 11 is 2.44. The minimum Gasteiger partial charge on any atom is -0.428 e. The average molecular weight is 512 g/mol. The Morgan fingerprint density at radius 3 is 2.76 bits per heavy atom. The van der Waals surface area contributed by atoms with E-state index in [0.29, 0.717) is 0 Å². The van der Waals surface area contributed by atoms with Crippen molar-refractivity contribution in [1.82, 2.24) is 15.2 Å². The van der Waals surface area contributed by atoms with E-state index in [9.17, 15) is 19.2 Å². The molecule has 3 heterocycles. The highest BCUT2D eigenvalue weighted by Crippen LogP contribution is 2.43. The maximum Gasteiger partial charge on any atom is 0.321 e. The van der Waals surface area contributed by atoms with Crippen molar-refractivity contribution in [3.63, 3.8) is 0 Å². The highest BCUT2D eigenvalue weighted by Gasteiger charge is 2.57. The topological polar surface area (TPSA) is 163 Å². The number of fused-ring (bicyclic) bond motifs is 1. The summed E-state index contributed by atoms with van der Waals surface area (Å²) < 4.78 is 10.0. The Morgan fingerprint density at radius 2 is 2.18 bits per heavy atom. The van der Waals surface area contributed by atoms with Crippen LogP contribution in [0.5, 0.6) is 0 Å². The van der Waals surface area contributed by atoms with Crippen molar-refractivity contribution < 1.29 is 33.5 Å². The predicted octanol–water partition coefficient (Wildman–Crippen LogP) is 0.348. The number of ether oxygens (including phenoxy) is 2. The molecule has 0 aliphatic carbocycles. The van der Waals surface area contributed by atoms with Gasteiger partial charge in [-0.15, -0.1) is 29.7 Å². The van der Waals surface area contributed by atoms with E-state index in [1.807, 2.05) is 0 Å². The standard InChI is InChI=1S/C20H25N5O7S2/c1-5-20(18(29)32-9-31-17(28)10(2)3)7-25-15(27)13(16(25)34-8-20)23-14(26)12(24-30-4)11-6-33-19(21)22-11/h5-6,10,13,16H,1,7-9H2,2-4H3,(H2,21,22)(H,23,26)/t13?,16-,20?/m1/s1. The van der Waals surface area contributed by atoms with Crippen molar-refractivity contribution in [2.24, 2.45) is 16.5 Å². The lowest BCUT2D eigenvalue weighted by Gasteiger charge is -2.53. The van der Waals surface area contributed by atoms with Gasteiger partial charge in [0.1, 0.15) is 29.6 Å². The number of amides is 2. The van der Waals surface area contributed by atoms with Crippen LogP contribution in [0.2, 0.25) is 0 Å². The normalized spacial score (nSPS) is 24.1. The number of rotatable bonds is 9. The van der Waals surface area contributed by atoms with Gasteiger partial charge in [-0.3, -0.25) is 19.2 Å². The monoisotopic (exact) mass is 511 g/mol. The third-order valence-electron chi connectivity index (χ3n) is 5.21. The fourth-order valence-electron chi connectivity index (χ4n) is 3.28. The molecular formula is C20H25N5O7S2. The number of nitrogens with one attached hydrogen (secondary N) is 1. The van der Waals surface area contributed by atoms with Crippen LogP contribution in [0.25, 0.3) is 0 Å². The quantitative estimate of drug-likeness (QED) is 0.118. The van der Waals surface area contributed by atoms with Gasteiger partial charge in [-0.25, -0.2) is 4.98 Å². The molecular weight excluding hydrogens is 486 g/mol. The number of nitrogens with zero attached hydrogens (tertiary/aromatic N) is 3. The Balaban J connectivity index is 1.62. The lowest BCUT2D eigenvalue weighted by molar-refractivity contribution is -0.176. The summed E-state index contributed by atoms with van der Waals surface area (Å²) in [5.74, 6) is -2.25. The summed E-state index contributed by atoms with van der Waals surface area (Å²) in [6.45, 7) is 6.56. The van der Waals surface area contributed by atoms with E-state index in [4.69, 9.17) is 20.0 Å². The van der Waals surface area contributed by atoms with Crippen LogP contribution < -0.4 is 11.1 Å². The van der Waals surface area contributed by atoms with Gasteiger partial charge in [-0.1, -0.05) is 25.1 Å². The van der Waals surface area contributed by atoms with Crippen LogP contribution in [0.1, 0.15) is 19.5 Å². The van der Waals surface area contributed by atoms with Crippen molar-refractivity contribution >= 4 is 57.7 Å². The third kappa shape index (κ3) is 5.01. The Labute approximate surface area is 203 Å². The van der Waals surface area contributed by atoms with Crippen molar-refractivity contribution in [1.29, 1.82) is 0 Å². The first-order valence-electron chi connectivity index (χ1n) is 10.2. The molecule has 0 saturated carbocycles. The number of carbonyl (C=O) groups excluding carboxylic acids is 4. The SMILES string of the molecule is C=CC1(C(=O)OCOC(=O)C(C)C)CS[C@@H]2C(NC(=O)C(=NOC)c3csc(N)n3)C(=O)N2C1. The van der Waals surface area contributed by atoms with E-state index in [-0.39, 0.29) is 46.0 Å². The molecule has 1 aromatic rings. The lowest BCUT2D eigenvalue weighted by atomic mass is 9.87. The largest absolute Gasteiger partial charge is 0.428 e. The fourth-order valence-corrected chi connectivity index (χ4v) is 5.36. The molecule has 1 aromatic heterocycles. The van der Waals surface area contributed by atoms with Crippen LogP contribution in [0.4, 0.5) is 5.13 Å². The molecule has 0 spiro atoms. The number of carbonyl (C=O) groups is 4. The number of β-lactam (4-membered cyclic amide) rings is 1. The number of aromatic nitrogens is 1. The van der Waals surface area contributed by atoms with E-state index in [0.717, 1.165) is 11.3 Å². The first kappa shape index (κ1) is 25.5. The van der Waals surface area contributed by atoms with Crippen molar-refractivity contribution in [2.75, 3.05) is 31.9 Å². The molecule has 14 heteroatoms. The highest BCUT2D eigenvalue weighted by molar-refractivity contribution is 8.00. The summed E-state index contributed by atoms with van der Waals surface area (Å²) in [5, 5.41) is 7.79. The second-order valence-corrected chi connectivity index (χ2v) is 9.83. The molecule has 2 fully saturated rings. The zero-order valence-electron chi connectivity index (χ0n) is 18.8. The van der Waals surface area contributed by atoms with E-state index in [1.54, 1.807) is 19.2 Å². The second-order valence-electron chi connectivity index (χ2n) is 7.84. The Morgan fingerprint density at radius 1 is 1.44 bits per heavy atom. The minimum atomic E-state index is -1.17. The van der Waals surface area contributed by atoms with Crippen LogP contribution in [0, 0.1) is 11.3 Å². The summed E-state index contributed by atoms with van der Waals surface area (Å²) in [7, 11) is 1.29. The van der Waals surface area contributed by atoms with Crippen molar-refractivity contribution in [3.8, 4) is 0 Å². The zero-order valence-corrected chi connectivity index (χ0v) is 20.4. The molecule has 2 aliphatic rings. The van der Waals surface area contributed by atoms with Gasteiger partial charge in [0.25, 0.3) is 5.91 Å². The van der Waals surface area contributed by atoms with Crippen molar-refractivity contribution in [2.45, 2.75) is 25.3 Å². The molecule has 3 atom stereocenters. The molecule has 184 valence electrons. The molecule has 12 nitrogen and oxygen atoms in total. The number of hydrogen-bond acceptors (Lipinski definition) is 12. The van der Waals surface area contributed by atoms with E-state index >= 15 is 0 Å². The van der Waals surface area contributed by atoms with Gasteiger partial charge in [-0.05, 0) is 0 Å². The Kier molecular flexibility index (Phi) is 7.82. The van der Waals surface area contributed by atoms with Crippen LogP contribution in [0.3, 0.4) is 0 Å². The summed E-state index contributed by atoms with van der Waals surface area (Å²) in [6, 6.07) is -0.818. The molecule has 0 aromatic carbocycles. The predicted molar refractivity (Wildman–Crippen MR) is 124 cm³/mol. The van der Waals surface area contributed by atoms with Crippen LogP contribution >= 0.6 is 23.1 Å². The third-order valence-corrected chi connectivity index (χ3v) is 7.44. The van der Waals surface area contributed by atoms with Crippen LogP contribution in [0.15, 0.2) is 23.2 Å². The molecule has 2 aliphatic heterocycles. The fraction of sp³-hybridized carbons (Fsp3) is 0.500. The Hall–Kier alpha value is -3.13. The van der Waals surface area contributed by atoms with E-state index in [2.05, 4.69) is 22.0 Å². The maximum absolute atomic E-state index is 12.8. The van der Waals surface area contributed by atoms with Crippen LogP contribution in [-0.2, 0) is 33.5 Å². The summed E-state index contributed by atoms with van der Waals surface area (Å²) in [5.41, 5.74) is 4.58. The van der Waals surface area contributed by atoms with Gasteiger partial charge < -0.3 is 30.3 Å². The molecule has 2 amide bonds. The number of nitrogens with two attached hydrogens (primary N) is 1.